The van der Waals surface area contributed by atoms with E-state index in [2.05, 4.69) is 0 Å². The van der Waals surface area contributed by atoms with E-state index in [-0.39, 0.29) is 0 Å². The van der Waals surface area contributed by atoms with Crippen LogP contribution in [0.1, 0.15) is 24.2 Å². The van der Waals surface area contributed by atoms with Crippen LogP contribution in [0.2, 0.25) is 0 Å². The quantitative estimate of drug-likeness (QED) is 0.751. The van der Waals surface area contributed by atoms with Crippen molar-refractivity contribution in [3.8, 4) is 0 Å². The maximum atomic E-state index is 11.6. The van der Waals surface area contributed by atoms with E-state index < -0.39 is 12.3 Å². The first kappa shape index (κ1) is 14.9. The first-order valence-electron chi connectivity index (χ1n) is 6.91. The molecule has 0 unspecified atom stereocenters. The third-order valence-corrected chi connectivity index (χ3v) is 2.88. The van der Waals surface area contributed by atoms with Gasteiger partial charge in [0, 0.05) is 0 Å². The second kappa shape index (κ2) is 7.90. The SMILES string of the molecule is CCOC(=O)O[C@@H](/C=C\c1ccccc1)c1ccccc1. The molecule has 2 aromatic carbocycles. The minimum atomic E-state index is -0.663. The van der Waals surface area contributed by atoms with Crippen LogP contribution in [-0.4, -0.2) is 12.8 Å². The van der Waals surface area contributed by atoms with Crippen LogP contribution in [0.25, 0.3) is 6.08 Å². The Hall–Kier alpha value is -2.55. The Labute approximate surface area is 124 Å². The van der Waals surface area contributed by atoms with Crippen LogP contribution in [-0.2, 0) is 9.47 Å². The molecule has 0 radical (unpaired) electrons. The Balaban J connectivity index is 2.16. The first-order chi connectivity index (χ1) is 10.3. The standard InChI is InChI=1S/C18H18O3/c1-2-20-18(19)21-17(16-11-7-4-8-12-16)14-13-15-9-5-3-6-10-15/h3-14,17H,2H2,1H3/b14-13-/t17-/m0/s1. The number of carbonyl (C=O) groups excluding carboxylic acids is 1. The second-order valence-electron chi connectivity index (χ2n) is 4.40. The van der Waals surface area contributed by atoms with Crippen molar-refractivity contribution in [3.05, 3.63) is 77.9 Å². The molecule has 0 fully saturated rings. The molecule has 0 aliphatic rings. The van der Waals surface area contributed by atoms with Gasteiger partial charge in [-0.2, -0.15) is 0 Å². The largest absolute Gasteiger partial charge is 0.509 e. The molecule has 0 saturated heterocycles. The van der Waals surface area contributed by atoms with Gasteiger partial charge < -0.3 is 9.47 Å². The molecule has 3 nitrogen and oxygen atoms in total. The lowest BCUT2D eigenvalue weighted by Gasteiger charge is -2.14. The van der Waals surface area contributed by atoms with Gasteiger partial charge in [-0.3, -0.25) is 0 Å². The average Bonchev–Trinajstić information content (AvgIpc) is 2.53. The fourth-order valence-electron chi connectivity index (χ4n) is 1.88. The zero-order chi connectivity index (χ0) is 14.9. The molecule has 0 N–H and O–H groups in total. The number of benzene rings is 2. The minimum absolute atomic E-state index is 0.294. The smallest absolute Gasteiger partial charge is 0.435 e. The highest BCUT2D eigenvalue weighted by molar-refractivity contribution is 5.61. The van der Waals surface area contributed by atoms with Crippen LogP contribution in [0.15, 0.2) is 66.7 Å². The molecule has 0 aromatic heterocycles. The van der Waals surface area contributed by atoms with E-state index in [1.165, 1.54) is 0 Å². The van der Waals surface area contributed by atoms with Crippen LogP contribution in [0, 0.1) is 0 Å². The summed E-state index contributed by atoms with van der Waals surface area (Å²) in [6, 6.07) is 19.4. The first-order valence-corrected chi connectivity index (χ1v) is 6.91. The summed E-state index contributed by atoms with van der Waals surface area (Å²) in [6.07, 6.45) is 2.65. The fourth-order valence-corrected chi connectivity index (χ4v) is 1.88. The number of ether oxygens (including phenoxy) is 2. The Bertz CT molecular complexity index is 576. The summed E-state index contributed by atoms with van der Waals surface area (Å²) in [5, 5.41) is 0. The van der Waals surface area contributed by atoms with Gasteiger partial charge in [0.1, 0.15) is 6.10 Å². The van der Waals surface area contributed by atoms with E-state index in [1.54, 1.807) is 6.92 Å². The molecule has 0 bridgehead atoms. The number of rotatable bonds is 5. The maximum absolute atomic E-state index is 11.6. The highest BCUT2D eigenvalue weighted by atomic mass is 16.7. The Morgan fingerprint density at radius 2 is 1.67 bits per heavy atom. The van der Waals surface area contributed by atoms with Crippen molar-refractivity contribution in [3.63, 3.8) is 0 Å². The highest BCUT2D eigenvalue weighted by Gasteiger charge is 2.14. The third-order valence-electron chi connectivity index (χ3n) is 2.88. The van der Waals surface area contributed by atoms with Crippen molar-refractivity contribution >= 4 is 12.2 Å². The summed E-state index contributed by atoms with van der Waals surface area (Å²) < 4.78 is 10.2. The lowest BCUT2D eigenvalue weighted by atomic mass is 10.1. The van der Waals surface area contributed by atoms with Crippen molar-refractivity contribution in [2.24, 2.45) is 0 Å². The summed E-state index contributed by atoms with van der Waals surface area (Å²) in [5.41, 5.74) is 1.95. The van der Waals surface area contributed by atoms with Crippen LogP contribution < -0.4 is 0 Å². The molecule has 0 amide bonds. The van der Waals surface area contributed by atoms with E-state index >= 15 is 0 Å². The monoisotopic (exact) mass is 282 g/mol. The van der Waals surface area contributed by atoms with Gasteiger partial charge in [-0.1, -0.05) is 66.7 Å². The Morgan fingerprint density at radius 3 is 2.29 bits per heavy atom. The Morgan fingerprint density at radius 1 is 1.05 bits per heavy atom. The lowest BCUT2D eigenvalue weighted by Crippen LogP contribution is -2.11. The highest BCUT2D eigenvalue weighted by Crippen LogP contribution is 2.20. The van der Waals surface area contributed by atoms with Gasteiger partial charge in [0.05, 0.1) is 6.61 Å². The topological polar surface area (TPSA) is 35.5 Å². The van der Waals surface area contributed by atoms with Gasteiger partial charge in [-0.15, -0.1) is 0 Å². The Kier molecular flexibility index (Phi) is 5.59. The molecule has 2 aromatic rings. The molecule has 0 aliphatic carbocycles. The number of carbonyl (C=O) groups is 1. The van der Waals surface area contributed by atoms with Gasteiger partial charge in [-0.25, -0.2) is 4.79 Å². The predicted octanol–water partition coefficient (Wildman–Crippen LogP) is 4.61. The van der Waals surface area contributed by atoms with Crippen molar-refractivity contribution in [2.45, 2.75) is 13.0 Å². The molecule has 3 heteroatoms. The summed E-state index contributed by atoms with van der Waals surface area (Å²) in [4.78, 5) is 11.6. The van der Waals surface area contributed by atoms with Crippen molar-refractivity contribution in [1.29, 1.82) is 0 Å². The summed E-state index contributed by atoms with van der Waals surface area (Å²) in [7, 11) is 0. The van der Waals surface area contributed by atoms with E-state index in [0.29, 0.717) is 6.61 Å². The van der Waals surface area contributed by atoms with Gasteiger partial charge >= 0.3 is 6.16 Å². The molecule has 21 heavy (non-hydrogen) atoms. The molecular weight excluding hydrogens is 264 g/mol. The van der Waals surface area contributed by atoms with Crippen LogP contribution in [0.4, 0.5) is 4.79 Å². The molecule has 0 aliphatic heterocycles. The molecule has 2 rings (SSSR count). The third kappa shape index (κ3) is 4.80. The van der Waals surface area contributed by atoms with Crippen LogP contribution >= 0.6 is 0 Å². The lowest BCUT2D eigenvalue weighted by molar-refractivity contribution is 0.0403. The van der Waals surface area contributed by atoms with Crippen molar-refractivity contribution in [2.75, 3.05) is 6.61 Å². The normalized spacial score (nSPS) is 12.0. The van der Waals surface area contributed by atoms with E-state index in [4.69, 9.17) is 9.47 Å². The van der Waals surface area contributed by atoms with Gasteiger partial charge in [0.2, 0.25) is 0 Å². The van der Waals surface area contributed by atoms with Gasteiger partial charge in [-0.05, 0) is 24.1 Å². The number of hydrogen-bond donors (Lipinski definition) is 0. The van der Waals surface area contributed by atoms with E-state index in [9.17, 15) is 4.79 Å². The zero-order valence-electron chi connectivity index (χ0n) is 11.9. The molecule has 0 heterocycles. The maximum Gasteiger partial charge on any atom is 0.509 e. The molecule has 108 valence electrons. The van der Waals surface area contributed by atoms with Crippen molar-refractivity contribution in [1.82, 2.24) is 0 Å². The summed E-state index contributed by atoms with van der Waals surface area (Å²) in [5.74, 6) is 0. The molecular formula is C18H18O3. The zero-order valence-corrected chi connectivity index (χ0v) is 11.9. The summed E-state index contributed by atoms with van der Waals surface area (Å²) >= 11 is 0. The molecule has 0 saturated carbocycles. The fraction of sp³-hybridized carbons (Fsp3) is 0.167. The van der Waals surface area contributed by atoms with Gasteiger partial charge in [0.15, 0.2) is 0 Å². The van der Waals surface area contributed by atoms with Crippen molar-refractivity contribution < 1.29 is 14.3 Å². The van der Waals surface area contributed by atoms with Gasteiger partial charge in [0.25, 0.3) is 0 Å². The predicted molar refractivity (Wildman–Crippen MR) is 82.8 cm³/mol. The summed E-state index contributed by atoms with van der Waals surface area (Å²) in [6.45, 7) is 2.04. The molecule has 1 atom stereocenters. The van der Waals surface area contributed by atoms with E-state index in [0.717, 1.165) is 11.1 Å². The minimum Gasteiger partial charge on any atom is -0.435 e. The van der Waals surface area contributed by atoms with Crippen LogP contribution in [0.5, 0.6) is 0 Å². The second-order valence-corrected chi connectivity index (χ2v) is 4.40. The molecule has 0 spiro atoms. The number of hydrogen-bond acceptors (Lipinski definition) is 3. The van der Waals surface area contributed by atoms with E-state index in [1.807, 2.05) is 72.8 Å². The average molecular weight is 282 g/mol. The van der Waals surface area contributed by atoms with Crippen LogP contribution in [0.3, 0.4) is 0 Å².